The Bertz CT molecular complexity index is 751. The number of esters is 1. The third kappa shape index (κ3) is 6.17. The number of benzene rings is 2. The molecule has 8 heteroatoms. The summed E-state index contributed by atoms with van der Waals surface area (Å²) in [5, 5.41) is 3.54. The van der Waals surface area contributed by atoms with Gasteiger partial charge in [-0.05, 0) is 42.5 Å². The highest BCUT2D eigenvalue weighted by atomic mass is 35.5. The van der Waals surface area contributed by atoms with E-state index in [1.807, 2.05) is 0 Å². The van der Waals surface area contributed by atoms with Crippen molar-refractivity contribution in [3.8, 4) is 5.75 Å². The van der Waals surface area contributed by atoms with E-state index in [0.29, 0.717) is 15.8 Å². The zero-order valence-electron chi connectivity index (χ0n) is 13.1. The van der Waals surface area contributed by atoms with E-state index < -0.39 is 18.5 Å². The normalized spacial score (nSPS) is 10.2. The van der Waals surface area contributed by atoms with Gasteiger partial charge in [-0.15, -0.1) is 0 Å². The number of rotatable bonds is 7. The van der Waals surface area contributed by atoms with Crippen LogP contribution >= 0.6 is 23.2 Å². The van der Waals surface area contributed by atoms with E-state index in [4.69, 9.17) is 38.4 Å². The van der Waals surface area contributed by atoms with Crippen molar-refractivity contribution in [2.45, 2.75) is 0 Å². The minimum atomic E-state index is -0.657. The van der Waals surface area contributed by atoms with Crippen LogP contribution in [0.3, 0.4) is 0 Å². The van der Waals surface area contributed by atoms with E-state index in [1.54, 1.807) is 24.3 Å². The highest BCUT2D eigenvalue weighted by Crippen LogP contribution is 2.19. The smallest absolute Gasteiger partial charge is 0.338 e. The summed E-state index contributed by atoms with van der Waals surface area (Å²) in [6.45, 7) is 0.143. The fourth-order valence-corrected chi connectivity index (χ4v) is 2.07. The second-order valence-electron chi connectivity index (χ2n) is 4.96. The summed E-state index contributed by atoms with van der Waals surface area (Å²) < 4.78 is 10.3. The van der Waals surface area contributed by atoms with Gasteiger partial charge >= 0.3 is 5.97 Å². The van der Waals surface area contributed by atoms with Gasteiger partial charge in [-0.25, -0.2) is 4.79 Å². The fourth-order valence-electron chi connectivity index (χ4n) is 1.83. The van der Waals surface area contributed by atoms with Crippen LogP contribution in [0.5, 0.6) is 5.75 Å². The Morgan fingerprint density at radius 2 is 1.80 bits per heavy atom. The number of halogens is 2. The third-order valence-corrected chi connectivity index (χ3v) is 3.67. The molecular weight excluding hydrogens is 367 g/mol. The lowest BCUT2D eigenvalue weighted by molar-refractivity contribution is -0.124. The maximum Gasteiger partial charge on any atom is 0.338 e. The number of ether oxygens (including phenoxy) is 2. The summed E-state index contributed by atoms with van der Waals surface area (Å²) in [4.78, 5) is 23.5. The van der Waals surface area contributed by atoms with Gasteiger partial charge in [0.1, 0.15) is 12.4 Å². The van der Waals surface area contributed by atoms with Crippen LogP contribution in [0.2, 0.25) is 10.0 Å². The number of anilines is 1. The number of carbonyl (C=O) groups excluding carboxylic acids is 2. The van der Waals surface area contributed by atoms with Crippen LogP contribution in [0.1, 0.15) is 10.4 Å². The van der Waals surface area contributed by atoms with Gasteiger partial charge in [0.05, 0.1) is 22.8 Å². The molecule has 0 spiro atoms. The molecule has 2 aromatic rings. The molecule has 0 aliphatic heterocycles. The van der Waals surface area contributed by atoms with Crippen molar-refractivity contribution in [2.24, 2.45) is 0 Å². The molecule has 25 heavy (non-hydrogen) atoms. The number of nitrogens with two attached hydrogens (primary N) is 1. The van der Waals surface area contributed by atoms with Gasteiger partial charge in [0.2, 0.25) is 0 Å². The van der Waals surface area contributed by atoms with Crippen molar-refractivity contribution in [2.75, 3.05) is 25.5 Å². The van der Waals surface area contributed by atoms with Gasteiger partial charge in [-0.1, -0.05) is 23.2 Å². The first kappa shape index (κ1) is 18.9. The van der Waals surface area contributed by atoms with E-state index >= 15 is 0 Å². The maximum atomic E-state index is 11.8. The zero-order chi connectivity index (χ0) is 18.2. The minimum Gasteiger partial charge on any atom is -0.492 e. The number of hydrogen-bond donors (Lipinski definition) is 2. The van der Waals surface area contributed by atoms with Gasteiger partial charge < -0.3 is 20.5 Å². The molecule has 0 aliphatic carbocycles. The number of carbonyl (C=O) groups is 2. The van der Waals surface area contributed by atoms with Gasteiger partial charge in [0.25, 0.3) is 5.91 Å². The topological polar surface area (TPSA) is 90.7 Å². The molecule has 0 saturated carbocycles. The van der Waals surface area contributed by atoms with Crippen LogP contribution in [-0.4, -0.2) is 31.6 Å². The Kier molecular flexibility index (Phi) is 6.91. The van der Waals surface area contributed by atoms with Crippen LogP contribution in [0.15, 0.2) is 42.5 Å². The lowest BCUT2D eigenvalue weighted by Gasteiger charge is -2.09. The average Bonchev–Trinajstić information content (AvgIpc) is 2.60. The molecule has 0 aliphatic rings. The van der Waals surface area contributed by atoms with E-state index in [1.165, 1.54) is 18.2 Å². The summed E-state index contributed by atoms with van der Waals surface area (Å²) in [6.07, 6.45) is 0. The second kappa shape index (κ2) is 9.15. The van der Waals surface area contributed by atoms with Crippen molar-refractivity contribution < 1.29 is 19.1 Å². The quantitative estimate of drug-likeness (QED) is 0.436. The summed E-state index contributed by atoms with van der Waals surface area (Å²) in [5.41, 5.74) is 6.10. The standard InChI is InChI=1S/C17H16Cl2N2O4/c18-12-2-4-13(5-3-12)24-8-7-21-16(22)10-25-17(23)11-1-6-14(19)15(20)9-11/h1-6,9H,7-8,10,20H2,(H,21,22). The minimum absolute atomic E-state index is 0.223. The van der Waals surface area contributed by atoms with Crippen LogP contribution in [0.25, 0.3) is 0 Å². The third-order valence-electron chi connectivity index (χ3n) is 3.07. The fraction of sp³-hybridized carbons (Fsp3) is 0.176. The Balaban J connectivity index is 1.67. The van der Waals surface area contributed by atoms with Crippen molar-refractivity contribution in [1.82, 2.24) is 5.32 Å². The Labute approximate surface area is 154 Å². The molecule has 0 radical (unpaired) electrons. The van der Waals surface area contributed by atoms with Crippen LogP contribution in [0.4, 0.5) is 5.69 Å². The largest absolute Gasteiger partial charge is 0.492 e. The summed E-state index contributed by atoms with van der Waals surface area (Å²) in [5.74, 6) is -0.448. The van der Waals surface area contributed by atoms with E-state index in [9.17, 15) is 9.59 Å². The predicted octanol–water partition coefficient (Wildman–Crippen LogP) is 2.93. The van der Waals surface area contributed by atoms with E-state index in [0.717, 1.165) is 0 Å². The van der Waals surface area contributed by atoms with Crippen LogP contribution in [0, 0.1) is 0 Å². The summed E-state index contributed by atoms with van der Waals surface area (Å²) in [7, 11) is 0. The second-order valence-corrected chi connectivity index (χ2v) is 5.81. The molecule has 0 bridgehead atoms. The number of nitrogens with one attached hydrogen (secondary N) is 1. The van der Waals surface area contributed by atoms with Gasteiger partial charge in [0.15, 0.2) is 6.61 Å². The Morgan fingerprint density at radius 1 is 1.08 bits per heavy atom. The molecule has 1 amide bonds. The molecule has 3 N–H and O–H groups in total. The highest BCUT2D eigenvalue weighted by Gasteiger charge is 2.11. The average molecular weight is 383 g/mol. The van der Waals surface area contributed by atoms with Crippen LogP contribution in [-0.2, 0) is 9.53 Å². The van der Waals surface area contributed by atoms with Crippen molar-refractivity contribution in [3.63, 3.8) is 0 Å². The SMILES string of the molecule is Nc1cc(C(=O)OCC(=O)NCCOc2ccc(Cl)cc2)ccc1Cl. The van der Waals surface area contributed by atoms with Gasteiger partial charge in [0, 0.05) is 5.02 Å². The molecule has 2 aromatic carbocycles. The molecule has 0 saturated heterocycles. The zero-order valence-corrected chi connectivity index (χ0v) is 14.6. The van der Waals surface area contributed by atoms with Gasteiger partial charge in [-0.2, -0.15) is 0 Å². The molecule has 0 unspecified atom stereocenters. The van der Waals surface area contributed by atoms with Crippen LogP contribution < -0.4 is 15.8 Å². The van der Waals surface area contributed by atoms with E-state index in [-0.39, 0.29) is 24.4 Å². The van der Waals surface area contributed by atoms with E-state index in [2.05, 4.69) is 5.32 Å². The molecule has 2 rings (SSSR count). The predicted molar refractivity (Wildman–Crippen MR) is 96.1 cm³/mol. The first-order valence-electron chi connectivity index (χ1n) is 7.33. The van der Waals surface area contributed by atoms with Crippen molar-refractivity contribution in [1.29, 1.82) is 0 Å². The highest BCUT2D eigenvalue weighted by molar-refractivity contribution is 6.33. The number of nitrogen functional groups attached to an aromatic ring is 1. The number of hydrogen-bond acceptors (Lipinski definition) is 5. The summed E-state index contributed by atoms with van der Waals surface area (Å²) >= 11 is 11.5. The molecule has 0 heterocycles. The van der Waals surface area contributed by atoms with Crippen molar-refractivity contribution in [3.05, 3.63) is 58.1 Å². The molecule has 0 atom stereocenters. The molecule has 6 nitrogen and oxygen atoms in total. The maximum absolute atomic E-state index is 11.8. The van der Waals surface area contributed by atoms with Crippen molar-refractivity contribution >= 4 is 40.8 Å². The molecule has 0 fully saturated rings. The summed E-state index contributed by atoms with van der Waals surface area (Å²) in [6, 6.07) is 11.2. The van der Waals surface area contributed by atoms with Gasteiger partial charge in [-0.3, -0.25) is 4.79 Å². The molecule has 0 aromatic heterocycles. The Morgan fingerprint density at radius 3 is 2.48 bits per heavy atom. The first-order chi connectivity index (χ1) is 12.0. The lowest BCUT2D eigenvalue weighted by Crippen LogP contribution is -2.32. The Hall–Kier alpha value is -2.44. The molecule has 132 valence electrons. The first-order valence-corrected chi connectivity index (χ1v) is 8.08. The number of amides is 1. The molecular formula is C17H16Cl2N2O4. The lowest BCUT2D eigenvalue weighted by atomic mass is 10.2. The monoisotopic (exact) mass is 382 g/mol.